The Balaban J connectivity index is 1.53. The van der Waals surface area contributed by atoms with Gasteiger partial charge in [0.25, 0.3) is 0 Å². The fourth-order valence-electron chi connectivity index (χ4n) is 4.08. The van der Waals surface area contributed by atoms with Crippen molar-refractivity contribution in [2.45, 2.75) is 25.9 Å². The van der Waals surface area contributed by atoms with Gasteiger partial charge < -0.3 is 9.72 Å². The molecule has 1 atom stereocenters. The minimum atomic E-state index is -0.267. The third-order valence-electron chi connectivity index (χ3n) is 5.86. The number of hydrogen-bond donors (Lipinski definition) is 1. The largest absolute Gasteiger partial charge is 0.469 e. The lowest BCUT2D eigenvalue weighted by atomic mass is 10.0. The molecule has 1 N–H and O–H groups in total. The number of imidazole rings is 1. The van der Waals surface area contributed by atoms with E-state index in [9.17, 15) is 4.79 Å². The van der Waals surface area contributed by atoms with E-state index in [1.807, 2.05) is 73.8 Å². The first-order valence-electron chi connectivity index (χ1n) is 11.4. The standard InChI is InChI=1S/C26H24IN7O2/c1-17-7-6-10-20(30-17)26-25(19-11-12-23-28-16-29-34(23)14-19)31-22(32-26)15-33(27)21(13-24(35)36-2)18-8-4-3-5-9-18/h3-12,14,16,21H,13,15H2,1-2H3,(H,31,32)/t21-/m1/s1. The monoisotopic (exact) mass is 593 g/mol. The molecule has 36 heavy (non-hydrogen) atoms. The number of fused-ring (bicyclic) bond motifs is 1. The third kappa shape index (κ3) is 5.14. The molecule has 0 spiro atoms. The van der Waals surface area contributed by atoms with Crippen LogP contribution in [0.4, 0.5) is 0 Å². The zero-order valence-electron chi connectivity index (χ0n) is 19.8. The van der Waals surface area contributed by atoms with Crippen molar-refractivity contribution >= 4 is 34.5 Å². The molecule has 0 aliphatic carbocycles. The average Bonchev–Trinajstić information content (AvgIpc) is 3.54. The van der Waals surface area contributed by atoms with E-state index < -0.39 is 0 Å². The zero-order chi connectivity index (χ0) is 25.1. The summed E-state index contributed by atoms with van der Waals surface area (Å²) in [5.74, 6) is 0.485. The van der Waals surface area contributed by atoms with Crippen molar-refractivity contribution in [2.75, 3.05) is 7.11 Å². The van der Waals surface area contributed by atoms with Gasteiger partial charge in [-0.05, 0) is 36.8 Å². The number of benzene rings is 1. The van der Waals surface area contributed by atoms with Crippen LogP contribution in [0, 0.1) is 6.92 Å². The van der Waals surface area contributed by atoms with Crippen LogP contribution in [-0.4, -0.2) is 45.7 Å². The molecule has 9 nitrogen and oxygen atoms in total. The minimum absolute atomic E-state index is 0.181. The predicted octanol–water partition coefficient (Wildman–Crippen LogP) is 4.95. The number of nitrogens with one attached hydrogen (secondary N) is 1. The average molecular weight is 593 g/mol. The summed E-state index contributed by atoms with van der Waals surface area (Å²) in [6.45, 7) is 2.44. The molecule has 5 rings (SSSR count). The maximum absolute atomic E-state index is 12.2. The summed E-state index contributed by atoms with van der Waals surface area (Å²) >= 11 is 2.25. The second-order valence-electron chi connectivity index (χ2n) is 8.32. The van der Waals surface area contributed by atoms with Crippen molar-refractivity contribution in [3.8, 4) is 22.6 Å². The van der Waals surface area contributed by atoms with Gasteiger partial charge in [-0.15, -0.1) is 0 Å². The highest BCUT2D eigenvalue weighted by molar-refractivity contribution is 14.1. The van der Waals surface area contributed by atoms with E-state index in [-0.39, 0.29) is 18.4 Å². The van der Waals surface area contributed by atoms with Gasteiger partial charge in [0.2, 0.25) is 0 Å². The Kier molecular flexibility index (Phi) is 7.05. The highest BCUT2D eigenvalue weighted by atomic mass is 127. The summed E-state index contributed by atoms with van der Waals surface area (Å²) < 4.78 is 8.76. The van der Waals surface area contributed by atoms with Crippen LogP contribution in [0.25, 0.3) is 28.3 Å². The van der Waals surface area contributed by atoms with E-state index >= 15 is 0 Å². The van der Waals surface area contributed by atoms with E-state index in [1.54, 1.807) is 4.52 Å². The van der Waals surface area contributed by atoms with Crippen LogP contribution in [0.5, 0.6) is 0 Å². The Bertz CT molecular complexity index is 1500. The zero-order valence-corrected chi connectivity index (χ0v) is 22.0. The highest BCUT2D eigenvalue weighted by Gasteiger charge is 2.25. The van der Waals surface area contributed by atoms with Crippen LogP contribution >= 0.6 is 22.9 Å². The van der Waals surface area contributed by atoms with E-state index in [1.165, 1.54) is 13.4 Å². The lowest BCUT2D eigenvalue weighted by molar-refractivity contribution is -0.141. The number of carbonyl (C=O) groups excluding carboxylic acids is 1. The molecule has 5 aromatic rings. The second-order valence-corrected chi connectivity index (χ2v) is 9.56. The molecule has 0 saturated heterocycles. The summed E-state index contributed by atoms with van der Waals surface area (Å²) in [5, 5.41) is 4.27. The molecule has 0 fully saturated rings. The first kappa shape index (κ1) is 24.1. The molecule has 4 heterocycles. The Morgan fingerprint density at radius 3 is 2.72 bits per heavy atom. The van der Waals surface area contributed by atoms with Crippen molar-refractivity contribution in [3.05, 3.63) is 90.3 Å². The number of aryl methyl sites for hydroxylation is 1. The summed E-state index contributed by atoms with van der Waals surface area (Å²) in [4.78, 5) is 29.6. The molecule has 0 unspecified atom stereocenters. The van der Waals surface area contributed by atoms with Gasteiger partial charge >= 0.3 is 5.97 Å². The Labute approximate surface area is 222 Å². The second kappa shape index (κ2) is 10.5. The summed E-state index contributed by atoms with van der Waals surface area (Å²) in [6.07, 6.45) is 3.66. The topological polar surface area (TPSA) is 101 Å². The van der Waals surface area contributed by atoms with Crippen LogP contribution in [0.2, 0.25) is 0 Å². The molecule has 0 aliphatic heterocycles. The molecule has 4 aromatic heterocycles. The summed E-state index contributed by atoms with van der Waals surface area (Å²) in [5.41, 5.74) is 5.99. The van der Waals surface area contributed by atoms with Gasteiger partial charge in [-0.2, -0.15) is 5.10 Å². The highest BCUT2D eigenvalue weighted by Crippen LogP contribution is 2.33. The van der Waals surface area contributed by atoms with Gasteiger partial charge in [0.15, 0.2) is 5.65 Å². The molecule has 0 amide bonds. The third-order valence-corrected chi connectivity index (χ3v) is 6.87. The lowest BCUT2D eigenvalue weighted by Gasteiger charge is -2.25. The Hall–Kier alpha value is -3.64. The van der Waals surface area contributed by atoms with Crippen LogP contribution in [0.15, 0.2) is 73.2 Å². The van der Waals surface area contributed by atoms with Crippen molar-refractivity contribution in [1.82, 2.24) is 32.7 Å². The van der Waals surface area contributed by atoms with Crippen molar-refractivity contribution in [2.24, 2.45) is 0 Å². The van der Waals surface area contributed by atoms with Crippen LogP contribution < -0.4 is 0 Å². The summed E-state index contributed by atoms with van der Waals surface area (Å²) in [7, 11) is 1.41. The minimum Gasteiger partial charge on any atom is -0.469 e. The predicted molar refractivity (Wildman–Crippen MR) is 144 cm³/mol. The molecular weight excluding hydrogens is 569 g/mol. The number of H-pyrrole nitrogens is 1. The number of esters is 1. The van der Waals surface area contributed by atoms with Gasteiger partial charge in [-0.25, -0.2) is 17.6 Å². The number of nitrogens with zero attached hydrogens (tertiary/aromatic N) is 6. The van der Waals surface area contributed by atoms with Crippen molar-refractivity contribution < 1.29 is 9.53 Å². The quantitative estimate of drug-likeness (QED) is 0.155. The molecule has 182 valence electrons. The SMILES string of the molecule is COC(=O)C[C@H](c1ccccc1)N(I)Cc1nc(-c2ccc3ncnn3c2)c(-c2cccc(C)n2)[nH]1. The molecule has 0 saturated carbocycles. The molecule has 1 aromatic carbocycles. The fourth-order valence-corrected chi connectivity index (χ4v) is 4.92. The van der Waals surface area contributed by atoms with E-state index in [0.29, 0.717) is 6.54 Å². The number of rotatable bonds is 8. The molecule has 0 aliphatic rings. The number of methoxy groups -OCH3 is 1. The molecule has 0 bridgehead atoms. The van der Waals surface area contributed by atoms with Crippen LogP contribution in [-0.2, 0) is 16.1 Å². The molecule has 10 heteroatoms. The van der Waals surface area contributed by atoms with Gasteiger partial charge in [0.1, 0.15) is 12.2 Å². The van der Waals surface area contributed by atoms with E-state index in [2.05, 4.69) is 41.0 Å². The molecular formula is C26H24IN7O2. The number of halogens is 1. The van der Waals surface area contributed by atoms with Crippen molar-refractivity contribution in [3.63, 3.8) is 0 Å². The first-order valence-corrected chi connectivity index (χ1v) is 12.3. The number of hydrogen-bond acceptors (Lipinski definition) is 7. The van der Waals surface area contributed by atoms with E-state index in [4.69, 9.17) is 14.7 Å². The Morgan fingerprint density at radius 1 is 1.11 bits per heavy atom. The Morgan fingerprint density at radius 2 is 1.94 bits per heavy atom. The number of aromatic amines is 1. The normalized spacial score (nSPS) is 12.2. The first-order chi connectivity index (χ1) is 17.5. The van der Waals surface area contributed by atoms with Gasteiger partial charge in [-0.3, -0.25) is 9.78 Å². The number of ether oxygens (including phenoxy) is 1. The van der Waals surface area contributed by atoms with Crippen LogP contribution in [0.1, 0.15) is 29.5 Å². The maximum atomic E-state index is 12.2. The fraction of sp³-hybridized carbons (Fsp3) is 0.192. The van der Waals surface area contributed by atoms with E-state index in [0.717, 1.165) is 45.4 Å². The number of carbonyl (C=O) groups is 1. The van der Waals surface area contributed by atoms with Crippen LogP contribution in [0.3, 0.4) is 0 Å². The summed E-state index contributed by atoms with van der Waals surface area (Å²) in [6, 6.07) is 19.6. The number of aromatic nitrogens is 6. The maximum Gasteiger partial charge on any atom is 0.307 e. The van der Waals surface area contributed by atoms with Gasteiger partial charge in [0, 0.05) is 40.3 Å². The smallest absolute Gasteiger partial charge is 0.307 e. The van der Waals surface area contributed by atoms with Gasteiger partial charge in [-0.1, -0.05) is 36.4 Å². The lowest BCUT2D eigenvalue weighted by Crippen LogP contribution is -2.22. The molecule has 0 radical (unpaired) electrons. The van der Waals surface area contributed by atoms with Crippen molar-refractivity contribution in [1.29, 1.82) is 0 Å². The van der Waals surface area contributed by atoms with Gasteiger partial charge in [0.05, 0.1) is 43.2 Å². The number of pyridine rings is 2.